The van der Waals surface area contributed by atoms with E-state index in [1.807, 2.05) is 35.7 Å². The number of hydrogen-bond acceptors (Lipinski definition) is 5. The number of hydrazone groups is 1. The molecule has 0 spiro atoms. The van der Waals surface area contributed by atoms with Crippen LogP contribution in [0.3, 0.4) is 0 Å². The molecule has 1 N–H and O–H groups in total. The molecule has 3 rings (SSSR count). The molecule has 1 unspecified atom stereocenters. The molecule has 2 aromatic rings. The maximum Gasteiger partial charge on any atom is 0.152 e. The summed E-state index contributed by atoms with van der Waals surface area (Å²) in [6, 6.07) is 5.71. The van der Waals surface area contributed by atoms with Crippen molar-refractivity contribution in [2.24, 2.45) is 5.10 Å². The normalized spacial score (nSPS) is 21.8. The first kappa shape index (κ1) is 13.1. The van der Waals surface area contributed by atoms with Crippen LogP contribution in [0.5, 0.6) is 0 Å². The molecule has 0 aliphatic carbocycles. The number of fused-ring (bicyclic) bond motifs is 1. The van der Waals surface area contributed by atoms with E-state index in [0.29, 0.717) is 6.42 Å². The molecule has 1 atom stereocenters. The third-order valence-electron chi connectivity index (χ3n) is 3.43. The zero-order chi connectivity index (χ0) is 14.2. The van der Waals surface area contributed by atoms with Crippen LogP contribution in [0, 0.1) is 6.92 Å². The van der Waals surface area contributed by atoms with E-state index in [1.165, 1.54) is 0 Å². The molecule has 0 saturated carbocycles. The van der Waals surface area contributed by atoms with Gasteiger partial charge in [-0.25, -0.2) is 13.4 Å². The zero-order valence-electron chi connectivity index (χ0n) is 11.2. The van der Waals surface area contributed by atoms with E-state index in [1.54, 1.807) is 6.21 Å². The summed E-state index contributed by atoms with van der Waals surface area (Å²) >= 11 is 0. The summed E-state index contributed by atoms with van der Waals surface area (Å²) in [7, 11) is -2.88. The Bertz CT molecular complexity index is 764. The Labute approximate surface area is 117 Å². The van der Waals surface area contributed by atoms with Crippen molar-refractivity contribution in [2.45, 2.75) is 19.4 Å². The highest BCUT2D eigenvalue weighted by Gasteiger charge is 2.27. The quantitative estimate of drug-likeness (QED) is 0.669. The maximum atomic E-state index is 11.4. The van der Waals surface area contributed by atoms with Gasteiger partial charge in [-0.1, -0.05) is 6.07 Å². The van der Waals surface area contributed by atoms with Crippen LogP contribution in [0.15, 0.2) is 29.5 Å². The third kappa shape index (κ3) is 2.53. The second-order valence-electron chi connectivity index (χ2n) is 5.00. The van der Waals surface area contributed by atoms with Crippen LogP contribution in [0.1, 0.15) is 17.8 Å². The van der Waals surface area contributed by atoms with Crippen molar-refractivity contribution in [2.75, 3.05) is 11.5 Å². The Morgan fingerprint density at radius 1 is 1.50 bits per heavy atom. The number of pyridine rings is 1. The van der Waals surface area contributed by atoms with E-state index in [4.69, 9.17) is 0 Å². The zero-order valence-corrected chi connectivity index (χ0v) is 12.0. The Morgan fingerprint density at radius 3 is 3.10 bits per heavy atom. The highest BCUT2D eigenvalue weighted by molar-refractivity contribution is 7.91. The summed E-state index contributed by atoms with van der Waals surface area (Å²) < 4.78 is 24.7. The lowest BCUT2D eigenvalue weighted by atomic mass is 10.3. The van der Waals surface area contributed by atoms with E-state index in [2.05, 4.69) is 15.5 Å². The van der Waals surface area contributed by atoms with Crippen LogP contribution in [-0.2, 0) is 9.84 Å². The average Bonchev–Trinajstić information content (AvgIpc) is 2.90. The Balaban J connectivity index is 1.76. The van der Waals surface area contributed by atoms with Crippen molar-refractivity contribution in [1.29, 1.82) is 0 Å². The largest absolute Gasteiger partial charge is 0.306 e. The van der Waals surface area contributed by atoms with Crippen molar-refractivity contribution in [3.63, 3.8) is 0 Å². The number of nitrogens with zero attached hydrogens (tertiary/aromatic N) is 3. The van der Waals surface area contributed by atoms with Crippen molar-refractivity contribution in [3.8, 4) is 0 Å². The minimum Gasteiger partial charge on any atom is -0.306 e. The molecule has 1 fully saturated rings. The van der Waals surface area contributed by atoms with Crippen LogP contribution in [0.4, 0.5) is 0 Å². The van der Waals surface area contributed by atoms with Gasteiger partial charge in [0.15, 0.2) is 9.84 Å². The summed E-state index contributed by atoms with van der Waals surface area (Å²) in [6.45, 7) is 1.92. The second kappa shape index (κ2) is 4.90. The van der Waals surface area contributed by atoms with Gasteiger partial charge in [0.1, 0.15) is 5.65 Å². The summed E-state index contributed by atoms with van der Waals surface area (Å²) in [5.74, 6) is 0.408. The van der Waals surface area contributed by atoms with Crippen molar-refractivity contribution in [3.05, 3.63) is 35.8 Å². The molecule has 0 amide bonds. The van der Waals surface area contributed by atoms with Crippen molar-refractivity contribution in [1.82, 2.24) is 14.8 Å². The molecular weight excluding hydrogens is 276 g/mol. The summed E-state index contributed by atoms with van der Waals surface area (Å²) in [6.07, 6.45) is 4.24. The average molecular weight is 292 g/mol. The molecule has 6 nitrogen and oxygen atoms in total. The fraction of sp³-hybridized carbons (Fsp3) is 0.385. The van der Waals surface area contributed by atoms with Crippen LogP contribution in [0.25, 0.3) is 5.65 Å². The van der Waals surface area contributed by atoms with Crippen LogP contribution < -0.4 is 5.43 Å². The van der Waals surface area contributed by atoms with E-state index >= 15 is 0 Å². The topological polar surface area (TPSA) is 75.8 Å². The summed E-state index contributed by atoms with van der Waals surface area (Å²) in [4.78, 5) is 4.43. The predicted molar refractivity (Wildman–Crippen MR) is 77.7 cm³/mol. The molecule has 1 saturated heterocycles. The van der Waals surface area contributed by atoms with Gasteiger partial charge in [-0.05, 0) is 25.5 Å². The van der Waals surface area contributed by atoms with Gasteiger partial charge in [-0.15, -0.1) is 0 Å². The molecule has 2 aromatic heterocycles. The van der Waals surface area contributed by atoms with Crippen molar-refractivity contribution >= 4 is 21.7 Å². The minimum absolute atomic E-state index is 0.0873. The van der Waals surface area contributed by atoms with Gasteiger partial charge in [0.25, 0.3) is 0 Å². The van der Waals surface area contributed by atoms with E-state index in [-0.39, 0.29) is 17.5 Å². The second-order valence-corrected chi connectivity index (χ2v) is 7.23. The molecule has 20 heavy (non-hydrogen) atoms. The lowest BCUT2D eigenvalue weighted by molar-refractivity contribution is 0.578. The SMILES string of the molecule is Cc1nc2ccccn2c1/C=N/NC1CCS(=O)(=O)C1. The number of nitrogens with one attached hydrogen (secondary N) is 1. The van der Waals surface area contributed by atoms with Gasteiger partial charge in [0.05, 0.1) is 35.2 Å². The number of aryl methyl sites for hydroxylation is 1. The molecule has 106 valence electrons. The highest BCUT2D eigenvalue weighted by Crippen LogP contribution is 2.12. The molecule has 7 heteroatoms. The predicted octanol–water partition coefficient (Wildman–Crippen LogP) is 0.753. The van der Waals surface area contributed by atoms with E-state index in [0.717, 1.165) is 17.0 Å². The molecule has 0 radical (unpaired) electrons. The van der Waals surface area contributed by atoms with Crippen LogP contribution in [0.2, 0.25) is 0 Å². The fourth-order valence-electron chi connectivity index (χ4n) is 2.39. The molecule has 0 aromatic carbocycles. The van der Waals surface area contributed by atoms with Gasteiger partial charge in [-0.3, -0.25) is 4.40 Å². The van der Waals surface area contributed by atoms with Gasteiger partial charge in [-0.2, -0.15) is 5.10 Å². The lowest BCUT2D eigenvalue weighted by Crippen LogP contribution is -2.25. The number of imidazole rings is 1. The Morgan fingerprint density at radius 2 is 2.35 bits per heavy atom. The van der Waals surface area contributed by atoms with E-state index in [9.17, 15) is 8.42 Å². The summed E-state index contributed by atoms with van der Waals surface area (Å²) in [5, 5.41) is 4.17. The third-order valence-corrected chi connectivity index (χ3v) is 5.20. The molecule has 1 aliphatic heterocycles. The lowest BCUT2D eigenvalue weighted by Gasteiger charge is -2.05. The van der Waals surface area contributed by atoms with Gasteiger partial charge >= 0.3 is 0 Å². The molecule has 1 aliphatic rings. The molecular formula is C13H16N4O2S. The van der Waals surface area contributed by atoms with Gasteiger partial charge in [0, 0.05) is 6.20 Å². The first-order chi connectivity index (χ1) is 9.55. The summed E-state index contributed by atoms with van der Waals surface area (Å²) in [5.41, 5.74) is 5.57. The highest BCUT2D eigenvalue weighted by atomic mass is 32.2. The smallest absolute Gasteiger partial charge is 0.152 e. The standard InChI is InChI=1S/C13H16N4O2S/c1-10-12(17-6-3-2-4-13(17)15-10)8-14-16-11-5-7-20(18,19)9-11/h2-4,6,8,11,16H,5,7,9H2,1H3/b14-8+. The number of rotatable bonds is 3. The first-order valence-corrected chi connectivity index (χ1v) is 8.30. The molecule has 3 heterocycles. The number of hydrogen-bond donors (Lipinski definition) is 1. The van der Waals surface area contributed by atoms with Gasteiger partial charge < -0.3 is 5.43 Å². The van der Waals surface area contributed by atoms with E-state index < -0.39 is 9.84 Å². The fourth-order valence-corrected chi connectivity index (χ4v) is 4.05. The number of sulfone groups is 1. The van der Waals surface area contributed by atoms with Crippen LogP contribution in [-0.4, -0.2) is 41.6 Å². The van der Waals surface area contributed by atoms with Crippen LogP contribution >= 0.6 is 0 Å². The monoisotopic (exact) mass is 292 g/mol. The van der Waals surface area contributed by atoms with Crippen molar-refractivity contribution < 1.29 is 8.42 Å². The Hall–Kier alpha value is -1.89. The first-order valence-electron chi connectivity index (χ1n) is 6.48. The maximum absolute atomic E-state index is 11.4. The minimum atomic E-state index is -2.88. The van der Waals surface area contributed by atoms with Gasteiger partial charge in [0.2, 0.25) is 0 Å². The Kier molecular flexibility index (Phi) is 3.21. The molecule has 0 bridgehead atoms. The number of aromatic nitrogens is 2.